The minimum absolute atomic E-state index is 0. The Labute approximate surface area is 216 Å². The molecule has 1 aromatic carbocycles. The number of urea groups is 1. The molecule has 4 aromatic rings. The predicted octanol–water partition coefficient (Wildman–Crippen LogP) is 4.40. The number of alkyl halides is 3. The van der Waals surface area contributed by atoms with Crippen LogP contribution in [0.3, 0.4) is 0 Å². The van der Waals surface area contributed by atoms with Gasteiger partial charge in [-0.2, -0.15) is 13.2 Å². The number of aromatic nitrogens is 4. The first-order valence-electron chi connectivity index (χ1n) is 11.2. The summed E-state index contributed by atoms with van der Waals surface area (Å²) in [6.45, 7) is 1.51. The van der Waals surface area contributed by atoms with Gasteiger partial charge < -0.3 is 20.3 Å². The lowest BCUT2D eigenvalue weighted by Gasteiger charge is -2.27. The van der Waals surface area contributed by atoms with Gasteiger partial charge in [0.1, 0.15) is 12.2 Å². The number of amides is 2. The van der Waals surface area contributed by atoms with E-state index < -0.39 is 18.8 Å². The Morgan fingerprint density at radius 1 is 1.03 bits per heavy atom. The summed E-state index contributed by atoms with van der Waals surface area (Å²) in [4.78, 5) is 18.4. The summed E-state index contributed by atoms with van der Waals surface area (Å²) in [5, 5.41) is 12.9. The van der Waals surface area contributed by atoms with E-state index in [9.17, 15) is 18.0 Å². The molecule has 0 radical (unpaired) electrons. The zero-order valence-electron chi connectivity index (χ0n) is 19.4. The van der Waals surface area contributed by atoms with E-state index in [0.717, 1.165) is 41.4 Å². The smallest absolute Gasteiger partial charge is 0.378 e. The second-order valence-corrected chi connectivity index (χ2v) is 8.17. The van der Waals surface area contributed by atoms with Gasteiger partial charge in [0, 0.05) is 36.1 Å². The van der Waals surface area contributed by atoms with Crippen LogP contribution in [0.4, 0.5) is 29.5 Å². The number of hydrogen-bond acceptors (Lipinski definition) is 6. The maximum Gasteiger partial charge on any atom is 0.405 e. The first-order valence-corrected chi connectivity index (χ1v) is 11.2. The number of rotatable bonds is 5. The van der Waals surface area contributed by atoms with Crippen LogP contribution in [0.1, 0.15) is 0 Å². The number of nitrogens with one attached hydrogen (secondary N) is 2. The summed E-state index contributed by atoms with van der Waals surface area (Å²) >= 11 is 0. The SMILES string of the molecule is Cl.O=C(NCC(F)(F)F)Nc1cccc(-c2cnc3cc(-c4ccc(N5CCOCC5)nn4)ccn23)c1. The van der Waals surface area contributed by atoms with Crippen molar-refractivity contribution in [3.63, 3.8) is 0 Å². The van der Waals surface area contributed by atoms with Gasteiger partial charge in [-0.05, 0) is 36.4 Å². The standard InChI is InChI=1S/C24H22F3N7O2.ClH/c25-24(26,27)15-29-23(35)30-18-3-1-2-17(12-18)20-14-28-22-13-16(6-7-34(20)22)19-4-5-21(32-31-19)33-8-10-36-11-9-33;/h1-7,12-14H,8-11,15H2,(H2,29,30,35);1H. The molecule has 37 heavy (non-hydrogen) atoms. The lowest BCUT2D eigenvalue weighted by molar-refractivity contribution is -0.122. The van der Waals surface area contributed by atoms with Crippen LogP contribution in [0.2, 0.25) is 0 Å². The van der Waals surface area contributed by atoms with Crippen molar-refractivity contribution in [3.8, 4) is 22.5 Å². The van der Waals surface area contributed by atoms with E-state index in [1.54, 1.807) is 29.7 Å². The molecule has 0 aliphatic carbocycles. The number of halogens is 4. The third-order valence-corrected chi connectivity index (χ3v) is 5.66. The summed E-state index contributed by atoms with van der Waals surface area (Å²) in [6.07, 6.45) is -0.930. The van der Waals surface area contributed by atoms with Crippen LogP contribution in [0, 0.1) is 0 Å². The fourth-order valence-corrected chi connectivity index (χ4v) is 3.91. The minimum atomic E-state index is -4.48. The number of imidazole rings is 1. The first-order chi connectivity index (χ1) is 17.4. The van der Waals surface area contributed by atoms with E-state index >= 15 is 0 Å². The third kappa shape index (κ3) is 6.27. The average Bonchev–Trinajstić information content (AvgIpc) is 3.31. The molecule has 0 spiro atoms. The summed E-state index contributed by atoms with van der Waals surface area (Å²) in [5.74, 6) is 0.812. The Balaban J connectivity index is 0.00000320. The minimum Gasteiger partial charge on any atom is -0.378 e. The molecule has 1 saturated heterocycles. The highest BCUT2D eigenvalue weighted by molar-refractivity contribution is 5.90. The van der Waals surface area contributed by atoms with Gasteiger partial charge in [0.05, 0.1) is 30.8 Å². The largest absolute Gasteiger partial charge is 0.405 e. The number of ether oxygens (including phenoxy) is 1. The molecule has 1 aliphatic heterocycles. The van der Waals surface area contributed by atoms with Crippen molar-refractivity contribution >= 4 is 35.6 Å². The van der Waals surface area contributed by atoms with Crippen molar-refractivity contribution in [2.24, 2.45) is 0 Å². The molecule has 0 atom stereocenters. The van der Waals surface area contributed by atoms with Gasteiger partial charge >= 0.3 is 12.2 Å². The number of fused-ring (bicyclic) bond motifs is 1. The number of anilines is 2. The molecule has 2 N–H and O–H groups in total. The van der Waals surface area contributed by atoms with Crippen molar-refractivity contribution in [3.05, 3.63) is 60.9 Å². The lowest BCUT2D eigenvalue weighted by Crippen LogP contribution is -2.36. The fraction of sp³-hybridized carbons (Fsp3) is 0.250. The van der Waals surface area contributed by atoms with Gasteiger partial charge in [-0.1, -0.05) is 12.1 Å². The molecule has 2 amide bonds. The number of carbonyl (C=O) groups excluding carboxylic acids is 1. The van der Waals surface area contributed by atoms with Crippen LogP contribution < -0.4 is 15.5 Å². The fourth-order valence-electron chi connectivity index (χ4n) is 3.91. The second-order valence-electron chi connectivity index (χ2n) is 8.17. The molecule has 0 bridgehead atoms. The monoisotopic (exact) mass is 533 g/mol. The molecule has 1 aliphatic rings. The molecule has 3 aromatic heterocycles. The zero-order valence-corrected chi connectivity index (χ0v) is 20.2. The van der Waals surface area contributed by atoms with Gasteiger partial charge in [0.2, 0.25) is 0 Å². The van der Waals surface area contributed by atoms with Gasteiger partial charge in [-0.25, -0.2) is 9.78 Å². The van der Waals surface area contributed by atoms with Crippen LogP contribution in [0.25, 0.3) is 28.2 Å². The van der Waals surface area contributed by atoms with Crippen molar-refractivity contribution in [1.82, 2.24) is 24.9 Å². The van der Waals surface area contributed by atoms with Crippen LogP contribution >= 0.6 is 12.4 Å². The van der Waals surface area contributed by atoms with Gasteiger partial charge in [0.25, 0.3) is 0 Å². The lowest BCUT2D eigenvalue weighted by atomic mass is 10.1. The van der Waals surface area contributed by atoms with Gasteiger partial charge in [-0.15, -0.1) is 22.6 Å². The number of hydrogen-bond donors (Lipinski definition) is 2. The molecular weight excluding hydrogens is 511 g/mol. The van der Waals surface area contributed by atoms with Crippen molar-refractivity contribution < 1.29 is 22.7 Å². The molecule has 0 unspecified atom stereocenters. The Hall–Kier alpha value is -3.90. The summed E-state index contributed by atoms with van der Waals surface area (Å²) in [5.41, 5.74) is 4.10. The van der Waals surface area contributed by atoms with E-state index in [4.69, 9.17) is 4.74 Å². The maximum atomic E-state index is 12.3. The summed E-state index contributed by atoms with van der Waals surface area (Å²) < 4.78 is 44.2. The Bertz CT molecular complexity index is 1370. The Morgan fingerprint density at radius 2 is 1.84 bits per heavy atom. The molecular formula is C24H23ClF3N7O2. The molecule has 4 heterocycles. The number of benzene rings is 1. The molecule has 194 valence electrons. The molecule has 1 fully saturated rings. The predicted molar refractivity (Wildman–Crippen MR) is 135 cm³/mol. The van der Waals surface area contributed by atoms with Crippen molar-refractivity contribution in [1.29, 1.82) is 0 Å². The maximum absolute atomic E-state index is 12.3. The molecule has 0 saturated carbocycles. The Kier molecular flexibility index (Phi) is 7.79. The quantitative estimate of drug-likeness (QED) is 0.395. The van der Waals surface area contributed by atoms with Gasteiger partial charge in [-0.3, -0.25) is 4.40 Å². The topological polar surface area (TPSA) is 96.7 Å². The highest BCUT2D eigenvalue weighted by Crippen LogP contribution is 2.26. The summed E-state index contributed by atoms with van der Waals surface area (Å²) in [6, 6.07) is 13.5. The highest BCUT2D eigenvalue weighted by Gasteiger charge is 2.27. The average molecular weight is 534 g/mol. The number of nitrogens with zero attached hydrogens (tertiary/aromatic N) is 5. The highest BCUT2D eigenvalue weighted by atomic mass is 35.5. The zero-order chi connectivity index (χ0) is 25.1. The molecule has 13 heteroatoms. The van der Waals surface area contributed by atoms with Crippen molar-refractivity contribution in [2.75, 3.05) is 43.1 Å². The van der Waals surface area contributed by atoms with E-state index in [1.807, 2.05) is 40.9 Å². The van der Waals surface area contributed by atoms with Crippen molar-refractivity contribution in [2.45, 2.75) is 6.18 Å². The molecule has 5 rings (SSSR count). The Morgan fingerprint density at radius 3 is 2.57 bits per heavy atom. The van der Waals surface area contributed by atoms with Crippen LogP contribution in [0.5, 0.6) is 0 Å². The summed E-state index contributed by atoms with van der Waals surface area (Å²) in [7, 11) is 0. The van der Waals surface area contributed by atoms with Gasteiger partial charge in [0.15, 0.2) is 5.82 Å². The van der Waals surface area contributed by atoms with E-state index in [1.165, 1.54) is 0 Å². The number of morpholine rings is 1. The first kappa shape index (κ1) is 26.2. The molecule has 9 nitrogen and oxygen atoms in total. The van der Waals surface area contributed by atoms with Crippen LogP contribution in [-0.4, -0.2) is 64.6 Å². The van der Waals surface area contributed by atoms with E-state index in [-0.39, 0.29) is 12.4 Å². The van der Waals surface area contributed by atoms with Crippen LogP contribution in [0.15, 0.2) is 60.9 Å². The van der Waals surface area contributed by atoms with Crippen LogP contribution in [-0.2, 0) is 4.74 Å². The number of pyridine rings is 1. The van der Waals surface area contributed by atoms with E-state index in [0.29, 0.717) is 24.5 Å². The third-order valence-electron chi connectivity index (χ3n) is 5.66. The normalized spacial score (nSPS) is 13.8. The van der Waals surface area contributed by atoms with E-state index in [2.05, 4.69) is 25.4 Å². The second kappa shape index (κ2) is 11.0. The number of carbonyl (C=O) groups is 1.